The van der Waals surface area contributed by atoms with Crippen LogP contribution in [0.5, 0.6) is 0 Å². The van der Waals surface area contributed by atoms with E-state index in [-0.39, 0.29) is 5.69 Å². The van der Waals surface area contributed by atoms with Crippen molar-refractivity contribution >= 4 is 28.8 Å². The lowest BCUT2D eigenvalue weighted by atomic mass is 10.3. The fraction of sp³-hybridized carbons (Fsp3) is 0.417. The molecule has 1 N–H and O–H groups in total. The standard InChI is InChI=1S/C12H16N6O2S/c1-7-9(21-6-14-7)5-17(4)11-10(18(19)20)8(2)15-12(13-3)16-11/h6H,5H2,1-4H3,(H,13,15,16). The molecule has 2 aromatic rings. The third-order valence-corrected chi connectivity index (χ3v) is 3.95. The molecule has 0 fully saturated rings. The Balaban J connectivity index is 2.43. The smallest absolute Gasteiger partial charge is 0.332 e. The van der Waals surface area contributed by atoms with Gasteiger partial charge >= 0.3 is 5.69 Å². The Morgan fingerprint density at radius 1 is 1.38 bits per heavy atom. The molecule has 2 heterocycles. The highest BCUT2D eigenvalue weighted by molar-refractivity contribution is 7.09. The monoisotopic (exact) mass is 308 g/mol. The van der Waals surface area contributed by atoms with Crippen LogP contribution < -0.4 is 10.2 Å². The molecule has 2 rings (SSSR count). The first-order valence-electron chi connectivity index (χ1n) is 6.25. The molecule has 0 aliphatic carbocycles. The Hall–Kier alpha value is -2.29. The number of rotatable bonds is 5. The molecular weight excluding hydrogens is 292 g/mol. The number of nitrogens with one attached hydrogen (secondary N) is 1. The highest BCUT2D eigenvalue weighted by Gasteiger charge is 2.25. The summed E-state index contributed by atoms with van der Waals surface area (Å²) in [6.07, 6.45) is 0. The summed E-state index contributed by atoms with van der Waals surface area (Å²) in [5.74, 6) is 0.658. The molecule has 0 unspecified atom stereocenters. The average Bonchev–Trinajstić information content (AvgIpc) is 2.82. The molecule has 21 heavy (non-hydrogen) atoms. The van der Waals surface area contributed by atoms with Crippen LogP contribution in [0.4, 0.5) is 17.5 Å². The van der Waals surface area contributed by atoms with Crippen LogP contribution in [0.25, 0.3) is 0 Å². The minimum Gasteiger partial charge on any atom is -0.357 e. The fourth-order valence-electron chi connectivity index (χ4n) is 1.91. The summed E-state index contributed by atoms with van der Waals surface area (Å²) in [6, 6.07) is 0. The van der Waals surface area contributed by atoms with Gasteiger partial charge in [0.25, 0.3) is 0 Å². The van der Waals surface area contributed by atoms with E-state index in [1.807, 2.05) is 6.92 Å². The van der Waals surface area contributed by atoms with Gasteiger partial charge in [-0.05, 0) is 13.8 Å². The second kappa shape index (κ2) is 6.00. The van der Waals surface area contributed by atoms with E-state index < -0.39 is 4.92 Å². The summed E-state index contributed by atoms with van der Waals surface area (Å²) in [4.78, 5) is 26.1. The zero-order chi connectivity index (χ0) is 15.6. The van der Waals surface area contributed by atoms with E-state index in [2.05, 4.69) is 20.3 Å². The van der Waals surface area contributed by atoms with Gasteiger partial charge in [0, 0.05) is 19.0 Å². The number of nitrogens with zero attached hydrogens (tertiary/aromatic N) is 5. The van der Waals surface area contributed by atoms with Gasteiger partial charge in [0.05, 0.1) is 22.7 Å². The lowest BCUT2D eigenvalue weighted by Gasteiger charge is -2.18. The Kier molecular flexibility index (Phi) is 4.32. The van der Waals surface area contributed by atoms with Crippen molar-refractivity contribution in [1.29, 1.82) is 0 Å². The predicted molar refractivity (Wildman–Crippen MR) is 81.9 cm³/mol. The third-order valence-electron chi connectivity index (χ3n) is 3.03. The van der Waals surface area contributed by atoms with Crippen molar-refractivity contribution in [1.82, 2.24) is 15.0 Å². The maximum Gasteiger partial charge on any atom is 0.332 e. The second-order valence-corrected chi connectivity index (χ2v) is 5.47. The molecule has 0 spiro atoms. The second-order valence-electron chi connectivity index (χ2n) is 4.53. The van der Waals surface area contributed by atoms with Gasteiger partial charge in [-0.15, -0.1) is 11.3 Å². The SMILES string of the molecule is CNc1nc(C)c([N+](=O)[O-])c(N(C)Cc2scnc2C)n1. The number of aromatic nitrogens is 3. The number of aryl methyl sites for hydroxylation is 2. The van der Waals surface area contributed by atoms with Gasteiger partial charge in [-0.2, -0.15) is 4.98 Å². The molecule has 0 bridgehead atoms. The van der Waals surface area contributed by atoms with Gasteiger partial charge in [0.15, 0.2) is 0 Å². The number of hydrogen-bond acceptors (Lipinski definition) is 8. The van der Waals surface area contributed by atoms with Crippen LogP contribution in [-0.4, -0.2) is 34.0 Å². The lowest BCUT2D eigenvalue weighted by molar-refractivity contribution is -0.385. The summed E-state index contributed by atoms with van der Waals surface area (Å²) in [7, 11) is 3.45. The molecule has 0 amide bonds. The van der Waals surface area contributed by atoms with Gasteiger partial charge in [-0.25, -0.2) is 9.97 Å². The zero-order valence-corrected chi connectivity index (χ0v) is 13.1. The summed E-state index contributed by atoms with van der Waals surface area (Å²) in [5, 5.41) is 14.1. The van der Waals surface area contributed by atoms with Gasteiger partial charge in [-0.1, -0.05) is 0 Å². The average molecular weight is 308 g/mol. The summed E-state index contributed by atoms with van der Waals surface area (Å²) in [5.41, 5.74) is 2.95. The van der Waals surface area contributed by atoms with Gasteiger partial charge < -0.3 is 10.2 Å². The van der Waals surface area contributed by atoms with Crippen LogP contribution >= 0.6 is 11.3 Å². The molecule has 8 nitrogen and oxygen atoms in total. The molecule has 0 saturated carbocycles. The van der Waals surface area contributed by atoms with E-state index in [4.69, 9.17) is 0 Å². The molecule has 0 aromatic carbocycles. The Morgan fingerprint density at radius 2 is 2.10 bits per heavy atom. The quantitative estimate of drug-likeness (QED) is 0.667. The first-order chi connectivity index (χ1) is 9.93. The van der Waals surface area contributed by atoms with Crippen molar-refractivity contribution in [3.8, 4) is 0 Å². The van der Waals surface area contributed by atoms with Crippen molar-refractivity contribution in [2.75, 3.05) is 24.3 Å². The van der Waals surface area contributed by atoms with Crippen LogP contribution in [0.3, 0.4) is 0 Å². The lowest BCUT2D eigenvalue weighted by Crippen LogP contribution is -2.20. The van der Waals surface area contributed by atoms with Crippen molar-refractivity contribution < 1.29 is 4.92 Å². The van der Waals surface area contributed by atoms with E-state index in [0.717, 1.165) is 10.6 Å². The molecule has 0 atom stereocenters. The van der Waals surface area contributed by atoms with Gasteiger partial charge in [0.2, 0.25) is 11.8 Å². The fourth-order valence-corrected chi connectivity index (χ4v) is 2.74. The maximum atomic E-state index is 11.3. The molecule has 0 saturated heterocycles. The normalized spacial score (nSPS) is 10.5. The largest absolute Gasteiger partial charge is 0.357 e. The van der Waals surface area contributed by atoms with Crippen molar-refractivity contribution in [2.45, 2.75) is 20.4 Å². The summed E-state index contributed by atoms with van der Waals surface area (Å²) >= 11 is 1.52. The minimum absolute atomic E-state index is 0.0707. The number of nitro groups is 1. The first-order valence-corrected chi connectivity index (χ1v) is 7.13. The van der Waals surface area contributed by atoms with Crippen molar-refractivity contribution in [3.63, 3.8) is 0 Å². The Labute approximate surface area is 126 Å². The summed E-state index contributed by atoms with van der Waals surface area (Å²) < 4.78 is 0. The minimum atomic E-state index is -0.444. The maximum absolute atomic E-state index is 11.3. The third kappa shape index (κ3) is 3.07. The van der Waals surface area contributed by atoms with Gasteiger partial charge in [-0.3, -0.25) is 10.1 Å². The van der Waals surface area contributed by atoms with E-state index in [9.17, 15) is 10.1 Å². The number of thiazole rings is 1. The molecule has 2 aromatic heterocycles. The van der Waals surface area contributed by atoms with E-state index in [1.54, 1.807) is 31.4 Å². The van der Waals surface area contributed by atoms with Crippen LogP contribution in [0.2, 0.25) is 0 Å². The molecule has 0 radical (unpaired) electrons. The van der Waals surface area contributed by atoms with Crippen LogP contribution in [0, 0.1) is 24.0 Å². The van der Waals surface area contributed by atoms with E-state index >= 15 is 0 Å². The Bertz CT molecular complexity index is 672. The molecule has 112 valence electrons. The van der Waals surface area contributed by atoms with E-state index in [1.165, 1.54) is 11.3 Å². The summed E-state index contributed by atoms with van der Waals surface area (Å²) in [6.45, 7) is 4.03. The van der Waals surface area contributed by atoms with Crippen LogP contribution in [0.1, 0.15) is 16.3 Å². The van der Waals surface area contributed by atoms with Crippen LogP contribution in [-0.2, 0) is 6.54 Å². The molecule has 0 aliphatic heterocycles. The highest BCUT2D eigenvalue weighted by Crippen LogP contribution is 2.30. The molecule has 9 heteroatoms. The zero-order valence-electron chi connectivity index (χ0n) is 12.2. The first kappa shape index (κ1) is 15.1. The molecule has 0 aliphatic rings. The predicted octanol–water partition coefficient (Wildman–Crippen LogP) is 2.14. The van der Waals surface area contributed by atoms with Gasteiger partial charge in [0.1, 0.15) is 5.69 Å². The number of anilines is 2. The van der Waals surface area contributed by atoms with Crippen LogP contribution in [0.15, 0.2) is 5.51 Å². The Morgan fingerprint density at radius 3 is 2.62 bits per heavy atom. The van der Waals surface area contributed by atoms with Crippen molar-refractivity contribution in [3.05, 3.63) is 31.9 Å². The van der Waals surface area contributed by atoms with Crippen molar-refractivity contribution in [2.24, 2.45) is 0 Å². The highest BCUT2D eigenvalue weighted by atomic mass is 32.1. The topological polar surface area (TPSA) is 97.1 Å². The molecular formula is C12H16N6O2S. The van der Waals surface area contributed by atoms with E-state index in [0.29, 0.717) is 24.0 Å². The number of hydrogen-bond donors (Lipinski definition) is 1.